The molecule has 0 radical (unpaired) electrons. The van der Waals surface area contributed by atoms with Gasteiger partial charge in [-0.05, 0) is 80.2 Å². The summed E-state index contributed by atoms with van der Waals surface area (Å²) < 4.78 is 43.5. The first-order valence-electron chi connectivity index (χ1n) is 11.2. The molecule has 0 amide bonds. The topological polar surface area (TPSA) is 0 Å². The van der Waals surface area contributed by atoms with Crippen LogP contribution in [0.25, 0.3) is 0 Å². The van der Waals surface area contributed by atoms with Crippen LogP contribution in [0.1, 0.15) is 82.3 Å². The molecule has 4 heteroatoms. The van der Waals surface area contributed by atoms with Gasteiger partial charge in [-0.2, -0.15) is 8.78 Å². The van der Waals surface area contributed by atoms with E-state index in [2.05, 4.69) is 22.9 Å². The lowest BCUT2D eigenvalue weighted by atomic mass is 9.66. The van der Waals surface area contributed by atoms with E-state index in [1.165, 1.54) is 38.5 Å². The van der Waals surface area contributed by atoms with Gasteiger partial charge in [0.25, 0.3) is 5.92 Å². The molecule has 0 aliphatic heterocycles. The minimum Gasteiger partial charge on any atom is -0.206 e. The minimum atomic E-state index is -3.15. The van der Waals surface area contributed by atoms with Crippen LogP contribution in [0, 0.1) is 29.5 Å². The summed E-state index contributed by atoms with van der Waals surface area (Å²) in [6.07, 6.45) is 12.0. The van der Waals surface area contributed by atoms with E-state index in [0.717, 1.165) is 43.6 Å². The Kier molecular flexibility index (Phi) is 5.90. The van der Waals surface area contributed by atoms with Crippen molar-refractivity contribution in [3.05, 3.63) is 35.1 Å². The highest BCUT2D eigenvalue weighted by molar-refractivity contribution is 9.10. The summed E-state index contributed by atoms with van der Waals surface area (Å²) in [7, 11) is 0. The zero-order valence-electron chi connectivity index (χ0n) is 16.8. The maximum absolute atomic E-state index is 15.3. The Hall–Kier alpha value is -0.510. The van der Waals surface area contributed by atoms with E-state index in [0.29, 0.717) is 11.5 Å². The van der Waals surface area contributed by atoms with Crippen molar-refractivity contribution in [1.29, 1.82) is 0 Å². The van der Waals surface area contributed by atoms with Gasteiger partial charge in [0.15, 0.2) is 0 Å². The molecule has 156 valence electrons. The molecule has 1 atom stereocenters. The summed E-state index contributed by atoms with van der Waals surface area (Å²) >= 11 is 3.47. The van der Waals surface area contributed by atoms with Gasteiger partial charge in [-0.25, -0.2) is 4.39 Å². The molecule has 3 aliphatic carbocycles. The maximum Gasteiger partial charge on any atom is 0.291 e. The fraction of sp³-hybridized carbons (Fsp3) is 0.750. The van der Waals surface area contributed by atoms with Gasteiger partial charge in [0.1, 0.15) is 10.1 Å². The van der Waals surface area contributed by atoms with E-state index in [1.807, 2.05) is 0 Å². The van der Waals surface area contributed by atoms with Gasteiger partial charge in [-0.3, -0.25) is 0 Å². The molecular formula is C24H32BrF3. The Morgan fingerprint density at radius 2 is 1.57 bits per heavy atom. The third kappa shape index (κ3) is 3.46. The van der Waals surface area contributed by atoms with Crippen molar-refractivity contribution in [2.75, 3.05) is 0 Å². The van der Waals surface area contributed by atoms with Crippen molar-refractivity contribution >= 4 is 15.9 Å². The molecule has 0 nitrogen and oxygen atoms in total. The third-order valence-electron chi connectivity index (χ3n) is 8.06. The molecular weight excluding hydrogens is 425 g/mol. The van der Waals surface area contributed by atoms with E-state index in [-0.39, 0.29) is 17.9 Å². The molecule has 1 aromatic rings. The van der Waals surface area contributed by atoms with Crippen molar-refractivity contribution < 1.29 is 13.2 Å². The van der Waals surface area contributed by atoms with E-state index in [9.17, 15) is 4.39 Å². The molecule has 1 aromatic carbocycles. The second kappa shape index (κ2) is 7.96. The molecule has 4 rings (SSSR count). The Bertz CT molecular complexity index is 687. The summed E-state index contributed by atoms with van der Waals surface area (Å²) in [5.74, 6) is -1.61. The van der Waals surface area contributed by atoms with Crippen molar-refractivity contribution in [2.45, 2.75) is 87.8 Å². The highest BCUT2D eigenvalue weighted by Crippen LogP contribution is 2.60. The summed E-state index contributed by atoms with van der Waals surface area (Å²) in [6, 6.07) is 4.38. The molecule has 2 saturated carbocycles. The van der Waals surface area contributed by atoms with Crippen LogP contribution in [-0.2, 0) is 12.3 Å². The predicted molar refractivity (Wildman–Crippen MR) is 111 cm³/mol. The third-order valence-corrected chi connectivity index (χ3v) is 9.48. The van der Waals surface area contributed by atoms with Crippen LogP contribution in [0.3, 0.4) is 0 Å². The van der Waals surface area contributed by atoms with Gasteiger partial charge >= 0.3 is 0 Å². The molecule has 0 aromatic heterocycles. The molecule has 0 spiro atoms. The average molecular weight is 457 g/mol. The van der Waals surface area contributed by atoms with Crippen molar-refractivity contribution in [1.82, 2.24) is 0 Å². The zero-order valence-corrected chi connectivity index (χ0v) is 18.4. The first kappa shape index (κ1) is 20.8. The highest BCUT2D eigenvalue weighted by Gasteiger charge is 2.63. The lowest BCUT2D eigenvalue weighted by molar-refractivity contribution is -0.0621. The van der Waals surface area contributed by atoms with Crippen LogP contribution in [0.5, 0.6) is 0 Å². The molecule has 1 unspecified atom stereocenters. The quantitative estimate of drug-likeness (QED) is 0.402. The minimum absolute atomic E-state index is 0.0954. The standard InChI is InChI=1S/C24H32BrF3/c1-2-4-16-7-9-17(10-8-16)18-11-13-20(14-12-18)23(25)15-19-5-3-6-21(26)22(19)24(23,27)28/h3,5-6,16-18,20H,2,4,7-15H2,1H3. The number of fused-ring (bicyclic) bond motifs is 1. The van der Waals surface area contributed by atoms with Crippen molar-refractivity contribution in [3.63, 3.8) is 0 Å². The SMILES string of the molecule is CCCC1CCC(C2CCC(C3(Br)Cc4cccc(F)c4C3(F)F)CC2)CC1. The normalized spacial score (nSPS) is 37.6. The van der Waals surface area contributed by atoms with Crippen LogP contribution in [-0.4, -0.2) is 4.32 Å². The lowest BCUT2D eigenvalue weighted by Crippen LogP contribution is -2.46. The van der Waals surface area contributed by atoms with Crippen molar-refractivity contribution in [2.24, 2.45) is 23.7 Å². The Balaban J connectivity index is 1.40. The van der Waals surface area contributed by atoms with E-state index >= 15 is 8.78 Å². The Labute approximate surface area is 175 Å². The number of halogens is 4. The summed E-state index contributed by atoms with van der Waals surface area (Å²) in [5.41, 5.74) is 0.0986. The first-order chi connectivity index (χ1) is 13.4. The van der Waals surface area contributed by atoms with E-state index < -0.39 is 16.1 Å². The van der Waals surface area contributed by atoms with Crippen LogP contribution in [0.15, 0.2) is 18.2 Å². The van der Waals surface area contributed by atoms with Gasteiger partial charge in [-0.1, -0.05) is 60.7 Å². The summed E-state index contributed by atoms with van der Waals surface area (Å²) in [6.45, 7) is 2.27. The zero-order chi connectivity index (χ0) is 19.9. The molecule has 2 fully saturated rings. The second-order valence-corrected chi connectivity index (χ2v) is 11.0. The Morgan fingerprint density at radius 3 is 2.14 bits per heavy atom. The molecule has 28 heavy (non-hydrogen) atoms. The molecule has 0 heterocycles. The monoisotopic (exact) mass is 456 g/mol. The molecule has 0 bridgehead atoms. The van der Waals surface area contributed by atoms with Crippen molar-refractivity contribution in [3.8, 4) is 0 Å². The average Bonchev–Trinajstić information content (AvgIpc) is 2.90. The molecule has 0 N–H and O–H groups in total. The summed E-state index contributed by atoms with van der Waals surface area (Å²) in [5, 5.41) is 0. The van der Waals surface area contributed by atoms with Gasteiger partial charge in [0, 0.05) is 0 Å². The largest absolute Gasteiger partial charge is 0.291 e. The predicted octanol–water partition coefficient (Wildman–Crippen LogP) is 8.02. The van der Waals surface area contributed by atoms with Crippen LogP contribution in [0.4, 0.5) is 13.2 Å². The number of hydrogen-bond acceptors (Lipinski definition) is 0. The van der Waals surface area contributed by atoms with Gasteiger partial charge < -0.3 is 0 Å². The van der Waals surface area contributed by atoms with Gasteiger partial charge in [0.2, 0.25) is 0 Å². The van der Waals surface area contributed by atoms with E-state index in [4.69, 9.17) is 0 Å². The maximum atomic E-state index is 15.3. The van der Waals surface area contributed by atoms with Crippen LogP contribution < -0.4 is 0 Å². The second-order valence-electron chi connectivity index (χ2n) is 9.57. The smallest absolute Gasteiger partial charge is 0.206 e. The van der Waals surface area contributed by atoms with Crippen LogP contribution >= 0.6 is 15.9 Å². The first-order valence-corrected chi connectivity index (χ1v) is 12.0. The van der Waals surface area contributed by atoms with Crippen LogP contribution in [0.2, 0.25) is 0 Å². The fourth-order valence-corrected chi connectivity index (χ4v) is 7.43. The highest BCUT2D eigenvalue weighted by atomic mass is 79.9. The number of rotatable bonds is 4. The van der Waals surface area contributed by atoms with Gasteiger partial charge in [0.05, 0.1) is 5.56 Å². The lowest BCUT2D eigenvalue weighted by Gasteiger charge is -2.43. The number of benzene rings is 1. The molecule has 0 saturated heterocycles. The molecule has 3 aliphatic rings. The number of alkyl halides is 3. The van der Waals surface area contributed by atoms with E-state index in [1.54, 1.807) is 12.1 Å². The van der Waals surface area contributed by atoms with Gasteiger partial charge in [-0.15, -0.1) is 0 Å². The fourth-order valence-electron chi connectivity index (χ4n) is 6.47. The summed E-state index contributed by atoms with van der Waals surface area (Å²) in [4.78, 5) is 0. The Morgan fingerprint density at radius 1 is 0.964 bits per heavy atom. The number of hydrogen-bond donors (Lipinski definition) is 0.